The smallest absolute Gasteiger partial charge is 0.303 e. The average molecular weight is 237 g/mol. The molecule has 3 heteroatoms. The predicted octanol–water partition coefficient (Wildman–Crippen LogP) is 3.20. The van der Waals surface area contributed by atoms with Gasteiger partial charge in [0.05, 0.1) is 0 Å². The van der Waals surface area contributed by atoms with E-state index in [-0.39, 0.29) is 10.7 Å². The van der Waals surface area contributed by atoms with Gasteiger partial charge in [-0.1, -0.05) is 29.8 Å². The number of hydrogen-bond donors (Lipinski definition) is 1. The summed E-state index contributed by atoms with van der Waals surface area (Å²) in [6.45, 7) is 4.25. The molecule has 12 heavy (non-hydrogen) atoms. The van der Waals surface area contributed by atoms with Gasteiger partial charge in [-0.05, 0) is 25.7 Å². The molecule has 0 heterocycles. The second-order valence-electron chi connectivity index (χ2n) is 3.11. The van der Waals surface area contributed by atoms with Crippen LogP contribution in [0.1, 0.15) is 46.0 Å². The molecular weight excluding hydrogens is 220 g/mol. The van der Waals surface area contributed by atoms with Crippen LogP contribution in [0.4, 0.5) is 0 Å². The third kappa shape index (κ3) is 4.75. The Balaban J connectivity index is 3.65. The number of aliphatic carboxylic acids is 1. The van der Waals surface area contributed by atoms with E-state index in [9.17, 15) is 4.79 Å². The lowest BCUT2D eigenvalue weighted by Gasteiger charge is -2.23. The number of rotatable bonds is 6. The van der Waals surface area contributed by atoms with Crippen molar-refractivity contribution in [2.24, 2.45) is 0 Å². The van der Waals surface area contributed by atoms with Crippen molar-refractivity contribution in [2.75, 3.05) is 0 Å². The number of alkyl halides is 1. The highest BCUT2D eigenvalue weighted by molar-refractivity contribution is 9.10. The molecule has 0 aromatic carbocycles. The van der Waals surface area contributed by atoms with Crippen LogP contribution in [0.5, 0.6) is 0 Å². The second kappa shape index (κ2) is 5.57. The summed E-state index contributed by atoms with van der Waals surface area (Å²) >= 11 is 3.64. The van der Waals surface area contributed by atoms with Gasteiger partial charge in [0.2, 0.25) is 0 Å². The van der Waals surface area contributed by atoms with Gasteiger partial charge in [0.15, 0.2) is 0 Å². The Morgan fingerprint density at radius 1 is 1.42 bits per heavy atom. The van der Waals surface area contributed by atoms with Gasteiger partial charge in [0, 0.05) is 10.7 Å². The highest BCUT2D eigenvalue weighted by Crippen LogP contribution is 2.31. The molecule has 0 saturated heterocycles. The van der Waals surface area contributed by atoms with Gasteiger partial charge >= 0.3 is 5.97 Å². The molecule has 0 saturated carbocycles. The van der Waals surface area contributed by atoms with Crippen LogP contribution in [-0.2, 0) is 4.79 Å². The van der Waals surface area contributed by atoms with Crippen LogP contribution in [0.15, 0.2) is 0 Å². The standard InChI is InChI=1S/C9H17BrO2/c1-3-9(10,4-2)7-5-6-8(11)12/h3-7H2,1-2H3,(H,11,12). The molecule has 0 rings (SSSR count). The van der Waals surface area contributed by atoms with Gasteiger partial charge < -0.3 is 5.11 Å². The van der Waals surface area contributed by atoms with E-state index in [2.05, 4.69) is 29.8 Å². The van der Waals surface area contributed by atoms with Crippen molar-refractivity contribution < 1.29 is 9.90 Å². The number of halogens is 1. The van der Waals surface area contributed by atoms with Crippen LogP contribution in [0.3, 0.4) is 0 Å². The van der Waals surface area contributed by atoms with Gasteiger partial charge in [-0.3, -0.25) is 4.79 Å². The first kappa shape index (κ1) is 11.9. The van der Waals surface area contributed by atoms with E-state index in [1.54, 1.807) is 0 Å². The number of carboxylic acids is 1. The first-order valence-electron chi connectivity index (χ1n) is 4.45. The van der Waals surface area contributed by atoms with Crippen molar-refractivity contribution in [3.8, 4) is 0 Å². The summed E-state index contributed by atoms with van der Waals surface area (Å²) in [5.41, 5.74) is 0. The van der Waals surface area contributed by atoms with E-state index in [0.29, 0.717) is 0 Å². The van der Waals surface area contributed by atoms with Crippen molar-refractivity contribution in [1.82, 2.24) is 0 Å². The SMILES string of the molecule is CCC(Br)(CC)CCCC(=O)O. The Kier molecular flexibility index (Phi) is 5.55. The lowest BCUT2D eigenvalue weighted by molar-refractivity contribution is -0.137. The molecule has 2 nitrogen and oxygen atoms in total. The van der Waals surface area contributed by atoms with Crippen LogP contribution in [0.25, 0.3) is 0 Å². The molecular formula is C9H17BrO2. The van der Waals surface area contributed by atoms with Crippen LogP contribution in [-0.4, -0.2) is 15.4 Å². The summed E-state index contributed by atoms with van der Waals surface area (Å²) in [6.07, 6.45) is 4.12. The zero-order valence-electron chi connectivity index (χ0n) is 7.77. The average Bonchev–Trinajstić information content (AvgIpc) is 2.03. The molecule has 0 aliphatic rings. The largest absolute Gasteiger partial charge is 0.481 e. The molecule has 0 aliphatic carbocycles. The third-order valence-corrected chi connectivity index (χ3v) is 3.80. The summed E-state index contributed by atoms with van der Waals surface area (Å²) in [5, 5.41) is 8.44. The highest BCUT2D eigenvalue weighted by Gasteiger charge is 2.21. The van der Waals surface area contributed by atoms with Crippen molar-refractivity contribution in [3.63, 3.8) is 0 Å². The molecule has 0 aromatic rings. The van der Waals surface area contributed by atoms with Crippen LogP contribution < -0.4 is 0 Å². The van der Waals surface area contributed by atoms with Crippen LogP contribution in [0, 0.1) is 0 Å². The fourth-order valence-electron chi connectivity index (χ4n) is 1.16. The van der Waals surface area contributed by atoms with Crippen molar-refractivity contribution in [1.29, 1.82) is 0 Å². The Bertz CT molecular complexity index is 141. The van der Waals surface area contributed by atoms with E-state index in [1.165, 1.54) is 0 Å². The summed E-state index contributed by atoms with van der Waals surface area (Å²) in [6, 6.07) is 0. The summed E-state index contributed by atoms with van der Waals surface area (Å²) < 4.78 is 0.169. The van der Waals surface area contributed by atoms with E-state index in [1.807, 2.05) is 0 Å². The maximum Gasteiger partial charge on any atom is 0.303 e. The number of hydrogen-bond acceptors (Lipinski definition) is 1. The van der Waals surface area contributed by atoms with Crippen molar-refractivity contribution >= 4 is 21.9 Å². The molecule has 0 amide bonds. The Morgan fingerprint density at radius 2 is 1.92 bits per heavy atom. The fraction of sp³-hybridized carbons (Fsp3) is 0.889. The minimum absolute atomic E-state index is 0.169. The molecule has 0 spiro atoms. The zero-order chi connectivity index (χ0) is 9.61. The molecule has 0 unspecified atom stereocenters. The molecule has 1 N–H and O–H groups in total. The normalized spacial score (nSPS) is 11.6. The summed E-state index contributed by atoms with van der Waals surface area (Å²) in [4.78, 5) is 10.2. The fourth-order valence-corrected chi connectivity index (χ4v) is 1.44. The van der Waals surface area contributed by atoms with Crippen LogP contribution >= 0.6 is 15.9 Å². The first-order valence-corrected chi connectivity index (χ1v) is 5.24. The van der Waals surface area contributed by atoms with Crippen LogP contribution in [0.2, 0.25) is 0 Å². The quantitative estimate of drug-likeness (QED) is 0.720. The Morgan fingerprint density at radius 3 is 2.25 bits per heavy atom. The molecule has 0 bridgehead atoms. The van der Waals surface area contributed by atoms with E-state index >= 15 is 0 Å². The van der Waals surface area contributed by atoms with Gasteiger partial charge in [-0.15, -0.1) is 0 Å². The Hall–Kier alpha value is -0.0500. The van der Waals surface area contributed by atoms with Gasteiger partial charge in [0.25, 0.3) is 0 Å². The zero-order valence-corrected chi connectivity index (χ0v) is 9.35. The molecule has 72 valence electrons. The maximum absolute atomic E-state index is 10.2. The lowest BCUT2D eigenvalue weighted by Crippen LogP contribution is -2.18. The summed E-state index contributed by atoms with van der Waals surface area (Å²) in [5.74, 6) is -0.697. The number of carbonyl (C=O) groups is 1. The first-order chi connectivity index (χ1) is 5.54. The minimum Gasteiger partial charge on any atom is -0.481 e. The van der Waals surface area contributed by atoms with E-state index < -0.39 is 5.97 Å². The molecule has 0 atom stereocenters. The maximum atomic E-state index is 10.2. The van der Waals surface area contributed by atoms with E-state index in [4.69, 9.17) is 5.11 Å². The predicted molar refractivity (Wildman–Crippen MR) is 53.7 cm³/mol. The van der Waals surface area contributed by atoms with E-state index in [0.717, 1.165) is 25.7 Å². The molecule has 0 radical (unpaired) electrons. The topological polar surface area (TPSA) is 37.3 Å². The van der Waals surface area contributed by atoms with Crippen molar-refractivity contribution in [2.45, 2.75) is 50.3 Å². The lowest BCUT2D eigenvalue weighted by atomic mass is 9.96. The Labute approximate surface area is 82.5 Å². The molecule has 0 fully saturated rings. The third-order valence-electron chi connectivity index (χ3n) is 2.28. The van der Waals surface area contributed by atoms with Crippen molar-refractivity contribution in [3.05, 3.63) is 0 Å². The summed E-state index contributed by atoms with van der Waals surface area (Å²) in [7, 11) is 0. The van der Waals surface area contributed by atoms with Gasteiger partial charge in [-0.2, -0.15) is 0 Å². The molecule has 0 aliphatic heterocycles. The van der Waals surface area contributed by atoms with Gasteiger partial charge in [-0.25, -0.2) is 0 Å². The highest BCUT2D eigenvalue weighted by atomic mass is 79.9. The van der Waals surface area contributed by atoms with Gasteiger partial charge in [0.1, 0.15) is 0 Å². The molecule has 0 aromatic heterocycles. The monoisotopic (exact) mass is 236 g/mol. The second-order valence-corrected chi connectivity index (χ2v) is 4.79. The minimum atomic E-state index is -0.697. The number of carboxylic acid groups (broad SMARTS) is 1.